The van der Waals surface area contributed by atoms with Gasteiger partial charge in [-0.15, -0.1) is 0 Å². The second-order valence-electron chi connectivity index (χ2n) is 6.65. The van der Waals surface area contributed by atoms with Gasteiger partial charge >= 0.3 is 6.03 Å². The number of methoxy groups -OCH3 is 1. The number of urea groups is 1. The van der Waals surface area contributed by atoms with Crippen LogP contribution in [0.25, 0.3) is 10.9 Å². The van der Waals surface area contributed by atoms with Crippen molar-refractivity contribution in [1.82, 2.24) is 9.97 Å². The molecule has 164 valence electrons. The van der Waals surface area contributed by atoms with Crippen molar-refractivity contribution in [2.24, 2.45) is 5.73 Å². The van der Waals surface area contributed by atoms with Gasteiger partial charge in [0, 0.05) is 24.1 Å². The maximum absolute atomic E-state index is 11.3. The fraction of sp³-hybridized carbons (Fsp3) is 0.250. The number of rotatable bonds is 9. The normalized spacial score (nSPS) is 11.2. The van der Waals surface area contributed by atoms with Crippen LogP contribution in [0.4, 0.5) is 10.5 Å². The third-order valence-electron chi connectivity index (χ3n) is 4.12. The monoisotopic (exact) mass is 446 g/mol. The largest absolute Gasteiger partial charge is 0.493 e. The Morgan fingerprint density at radius 1 is 1.16 bits per heavy atom. The van der Waals surface area contributed by atoms with Crippen LogP contribution in [0.5, 0.6) is 23.1 Å². The molecule has 2 aromatic carbocycles. The number of benzene rings is 2. The molecule has 0 unspecified atom stereocenters. The van der Waals surface area contributed by atoms with Crippen LogP contribution in [-0.2, 0) is 9.84 Å². The summed E-state index contributed by atoms with van der Waals surface area (Å²) in [6.45, 7) is 0.194. The van der Waals surface area contributed by atoms with Gasteiger partial charge in [0.2, 0.25) is 5.88 Å². The number of nitrogens with one attached hydrogen (secondary N) is 1. The molecular formula is C20H22N4O6S. The van der Waals surface area contributed by atoms with Crippen molar-refractivity contribution in [3.8, 4) is 23.1 Å². The van der Waals surface area contributed by atoms with E-state index >= 15 is 0 Å². The molecule has 31 heavy (non-hydrogen) atoms. The molecule has 3 rings (SSSR count). The van der Waals surface area contributed by atoms with E-state index in [0.29, 0.717) is 40.3 Å². The number of nitrogens with zero attached hydrogens (tertiary/aromatic N) is 2. The first-order valence-electron chi connectivity index (χ1n) is 9.23. The first-order valence-corrected chi connectivity index (χ1v) is 11.3. The van der Waals surface area contributed by atoms with Crippen molar-refractivity contribution in [2.75, 3.05) is 31.0 Å². The quantitative estimate of drug-likeness (QED) is 0.478. The van der Waals surface area contributed by atoms with Crippen LogP contribution in [0.2, 0.25) is 0 Å². The molecule has 11 heteroatoms. The summed E-state index contributed by atoms with van der Waals surface area (Å²) in [5.74, 6) is 1.58. The van der Waals surface area contributed by atoms with Gasteiger partial charge in [-0.25, -0.2) is 23.2 Å². The summed E-state index contributed by atoms with van der Waals surface area (Å²) in [5.41, 5.74) is 6.19. The van der Waals surface area contributed by atoms with Crippen LogP contribution in [0, 0.1) is 0 Å². The van der Waals surface area contributed by atoms with Gasteiger partial charge in [-0.2, -0.15) is 0 Å². The summed E-state index contributed by atoms with van der Waals surface area (Å²) in [6.07, 6.45) is 2.88. The molecule has 0 atom stereocenters. The standard InChI is InChI=1S/C20H22N4O6S/c1-28-17-11-16-15(10-18(17)29-7-4-8-31(2,26)27)19(23-12-22-16)30-14-6-3-5-13(9-14)24-20(21)25/h3,5-6,9-12H,4,7-8H2,1-2H3,(H3,21,24,25). The molecule has 2 amide bonds. The lowest BCUT2D eigenvalue weighted by Crippen LogP contribution is -2.19. The molecule has 0 bridgehead atoms. The van der Waals surface area contributed by atoms with Crippen molar-refractivity contribution < 1.29 is 27.4 Å². The molecule has 0 saturated heterocycles. The second-order valence-corrected chi connectivity index (χ2v) is 8.91. The Hall–Kier alpha value is -3.60. The average molecular weight is 446 g/mol. The summed E-state index contributed by atoms with van der Waals surface area (Å²) in [4.78, 5) is 19.5. The molecule has 1 aromatic heterocycles. The number of amides is 2. The Morgan fingerprint density at radius 3 is 2.68 bits per heavy atom. The van der Waals surface area contributed by atoms with Crippen LogP contribution in [0.3, 0.4) is 0 Å². The topological polar surface area (TPSA) is 143 Å². The van der Waals surface area contributed by atoms with Crippen molar-refractivity contribution in [2.45, 2.75) is 6.42 Å². The van der Waals surface area contributed by atoms with Gasteiger partial charge in [0.05, 0.1) is 30.4 Å². The van der Waals surface area contributed by atoms with Gasteiger partial charge in [-0.1, -0.05) is 6.07 Å². The van der Waals surface area contributed by atoms with Gasteiger partial charge in [-0.05, 0) is 24.6 Å². The highest BCUT2D eigenvalue weighted by Gasteiger charge is 2.14. The van der Waals surface area contributed by atoms with Gasteiger partial charge in [0.15, 0.2) is 11.5 Å². The molecule has 0 fully saturated rings. The number of fused-ring (bicyclic) bond motifs is 1. The van der Waals surface area contributed by atoms with Crippen LogP contribution in [0.1, 0.15) is 6.42 Å². The Bertz CT molecular complexity index is 1200. The number of aromatic nitrogens is 2. The van der Waals surface area contributed by atoms with Gasteiger partial charge in [0.1, 0.15) is 21.9 Å². The van der Waals surface area contributed by atoms with Crippen molar-refractivity contribution >= 4 is 32.5 Å². The molecule has 1 heterocycles. The van der Waals surface area contributed by atoms with E-state index in [4.69, 9.17) is 19.9 Å². The molecule has 3 N–H and O–H groups in total. The smallest absolute Gasteiger partial charge is 0.316 e. The van der Waals surface area contributed by atoms with Gasteiger partial charge < -0.3 is 25.3 Å². The minimum Gasteiger partial charge on any atom is -0.493 e. The highest BCUT2D eigenvalue weighted by atomic mass is 32.2. The van der Waals surface area contributed by atoms with E-state index in [-0.39, 0.29) is 18.2 Å². The Morgan fingerprint density at radius 2 is 1.97 bits per heavy atom. The van der Waals surface area contributed by atoms with E-state index < -0.39 is 15.9 Å². The van der Waals surface area contributed by atoms with E-state index in [0.717, 1.165) is 0 Å². The first kappa shape index (κ1) is 22.1. The number of primary amides is 1. The van der Waals surface area contributed by atoms with Crippen molar-refractivity contribution in [1.29, 1.82) is 0 Å². The van der Waals surface area contributed by atoms with E-state index in [1.165, 1.54) is 19.7 Å². The molecule has 3 aromatic rings. The lowest BCUT2D eigenvalue weighted by molar-refractivity contribution is 0.259. The number of hydrogen-bond acceptors (Lipinski definition) is 8. The third kappa shape index (κ3) is 6.19. The predicted octanol–water partition coefficient (Wildman–Crippen LogP) is 2.73. The second kappa shape index (κ2) is 9.47. The number of ether oxygens (including phenoxy) is 3. The summed E-state index contributed by atoms with van der Waals surface area (Å²) in [7, 11) is -1.57. The third-order valence-corrected chi connectivity index (χ3v) is 5.15. The fourth-order valence-corrected chi connectivity index (χ4v) is 3.43. The highest BCUT2D eigenvalue weighted by Crippen LogP contribution is 2.36. The molecule has 0 aliphatic rings. The summed E-state index contributed by atoms with van der Waals surface area (Å²) >= 11 is 0. The van der Waals surface area contributed by atoms with Crippen molar-refractivity contribution in [3.63, 3.8) is 0 Å². The van der Waals surface area contributed by atoms with Crippen LogP contribution in [-0.4, -0.2) is 50.1 Å². The summed E-state index contributed by atoms with van der Waals surface area (Å²) < 4.78 is 39.6. The maximum Gasteiger partial charge on any atom is 0.316 e. The van der Waals surface area contributed by atoms with Gasteiger partial charge in [0.25, 0.3) is 0 Å². The zero-order valence-electron chi connectivity index (χ0n) is 17.0. The molecule has 0 aliphatic heterocycles. The fourth-order valence-electron chi connectivity index (χ4n) is 2.79. The van der Waals surface area contributed by atoms with Crippen LogP contribution in [0.15, 0.2) is 42.7 Å². The number of hydrogen-bond donors (Lipinski definition) is 2. The Kier molecular flexibility index (Phi) is 6.75. The van der Waals surface area contributed by atoms with Gasteiger partial charge in [-0.3, -0.25) is 0 Å². The van der Waals surface area contributed by atoms with Crippen LogP contribution >= 0.6 is 0 Å². The molecule has 0 spiro atoms. The molecule has 0 aliphatic carbocycles. The van der Waals surface area contributed by atoms with E-state index in [9.17, 15) is 13.2 Å². The number of nitrogens with two attached hydrogens (primary N) is 1. The molecular weight excluding hydrogens is 424 g/mol. The average Bonchev–Trinajstić information content (AvgIpc) is 2.70. The molecule has 0 saturated carbocycles. The van der Waals surface area contributed by atoms with Crippen LogP contribution < -0.4 is 25.3 Å². The number of carbonyl (C=O) groups is 1. The van der Waals surface area contributed by atoms with E-state index in [1.54, 1.807) is 36.4 Å². The summed E-state index contributed by atoms with van der Waals surface area (Å²) in [5, 5.41) is 3.04. The summed E-state index contributed by atoms with van der Waals surface area (Å²) in [6, 6.07) is 9.34. The van der Waals surface area contributed by atoms with E-state index in [2.05, 4.69) is 15.3 Å². The zero-order valence-corrected chi connectivity index (χ0v) is 17.8. The molecule has 0 radical (unpaired) electrons. The number of sulfone groups is 1. The van der Waals surface area contributed by atoms with E-state index in [1.807, 2.05) is 0 Å². The minimum atomic E-state index is -3.07. The predicted molar refractivity (Wildman–Crippen MR) is 116 cm³/mol. The minimum absolute atomic E-state index is 0.0239. The first-order chi connectivity index (χ1) is 14.7. The lowest BCUT2D eigenvalue weighted by atomic mass is 10.2. The lowest BCUT2D eigenvalue weighted by Gasteiger charge is -2.13. The Labute approximate surface area is 179 Å². The SMILES string of the molecule is COc1cc2ncnc(Oc3cccc(NC(N)=O)c3)c2cc1OCCCS(C)(=O)=O. The maximum atomic E-state index is 11.3. The zero-order chi connectivity index (χ0) is 22.4. The number of carbonyl (C=O) groups excluding carboxylic acids is 1. The Balaban J connectivity index is 1.88. The molecule has 10 nitrogen and oxygen atoms in total. The number of anilines is 1. The van der Waals surface area contributed by atoms with Crippen molar-refractivity contribution in [3.05, 3.63) is 42.7 Å². The highest BCUT2D eigenvalue weighted by molar-refractivity contribution is 7.90.